The van der Waals surface area contributed by atoms with Crippen LogP contribution in [0.25, 0.3) is 0 Å². The average Bonchev–Trinajstić information content (AvgIpc) is 3.00. The molecule has 138 valence electrons. The first-order valence-corrected chi connectivity index (χ1v) is 9.82. The number of aromatic nitrogens is 1. The van der Waals surface area contributed by atoms with Gasteiger partial charge in [-0.15, -0.1) is 0 Å². The summed E-state index contributed by atoms with van der Waals surface area (Å²) in [4.78, 5) is 4.07. The highest BCUT2D eigenvalue weighted by Crippen LogP contribution is 2.13. The third-order valence-corrected chi connectivity index (χ3v) is 5.60. The second-order valence-electron chi connectivity index (χ2n) is 5.63. The van der Waals surface area contributed by atoms with Crippen molar-refractivity contribution >= 4 is 16.0 Å². The van der Waals surface area contributed by atoms with Crippen molar-refractivity contribution in [2.75, 3.05) is 32.4 Å². The minimum absolute atomic E-state index is 0.0230. The maximum Gasteiger partial charge on any atom is 0.215 e. The van der Waals surface area contributed by atoms with Gasteiger partial charge in [0.25, 0.3) is 0 Å². The maximum atomic E-state index is 12.1. The monoisotopic (exact) mass is 359 g/mol. The molecular formula is C15H29N5O3S. The van der Waals surface area contributed by atoms with Crippen LogP contribution in [0.3, 0.4) is 0 Å². The number of hydrogen-bond acceptors (Lipinski definition) is 5. The van der Waals surface area contributed by atoms with Crippen molar-refractivity contribution in [3.8, 4) is 0 Å². The molecule has 0 atom stereocenters. The summed E-state index contributed by atoms with van der Waals surface area (Å²) in [5, 5.41) is 10.1. The molecule has 1 aromatic heterocycles. The molecule has 0 aliphatic carbocycles. The Morgan fingerprint density at radius 1 is 1.33 bits per heavy atom. The maximum absolute atomic E-state index is 12.1. The van der Waals surface area contributed by atoms with Crippen molar-refractivity contribution in [2.24, 2.45) is 4.99 Å². The van der Waals surface area contributed by atoms with Crippen LogP contribution in [-0.4, -0.2) is 56.3 Å². The van der Waals surface area contributed by atoms with Gasteiger partial charge >= 0.3 is 0 Å². The molecular weight excluding hydrogens is 330 g/mol. The molecule has 0 amide bonds. The molecule has 1 aromatic rings. The van der Waals surface area contributed by atoms with Gasteiger partial charge in [-0.3, -0.25) is 4.99 Å². The molecule has 8 nitrogen and oxygen atoms in total. The van der Waals surface area contributed by atoms with Crippen LogP contribution < -0.4 is 10.6 Å². The van der Waals surface area contributed by atoms with E-state index in [1.165, 1.54) is 4.31 Å². The topological polar surface area (TPSA) is 99.8 Å². The molecule has 0 saturated carbocycles. The number of sulfonamides is 1. The van der Waals surface area contributed by atoms with Gasteiger partial charge in [0, 0.05) is 32.7 Å². The number of nitrogens with one attached hydrogen (secondary N) is 2. The van der Waals surface area contributed by atoms with E-state index in [-0.39, 0.29) is 12.3 Å². The highest BCUT2D eigenvalue weighted by molar-refractivity contribution is 7.89. The van der Waals surface area contributed by atoms with Gasteiger partial charge in [0.2, 0.25) is 10.0 Å². The van der Waals surface area contributed by atoms with Crippen molar-refractivity contribution in [3.63, 3.8) is 0 Å². The summed E-state index contributed by atoms with van der Waals surface area (Å²) in [6, 6.07) is 1.90. The lowest BCUT2D eigenvalue weighted by atomic mass is 10.1. The van der Waals surface area contributed by atoms with Crippen molar-refractivity contribution in [1.29, 1.82) is 0 Å². The Balaban J connectivity index is 2.45. The van der Waals surface area contributed by atoms with Gasteiger partial charge in [-0.2, -0.15) is 0 Å². The number of guanidine groups is 1. The van der Waals surface area contributed by atoms with Gasteiger partial charge in [0.15, 0.2) is 11.7 Å². The van der Waals surface area contributed by atoms with E-state index in [4.69, 9.17) is 4.52 Å². The van der Waals surface area contributed by atoms with Gasteiger partial charge in [-0.05, 0) is 5.92 Å². The van der Waals surface area contributed by atoms with Crippen molar-refractivity contribution < 1.29 is 12.9 Å². The molecule has 0 unspecified atom stereocenters. The Kier molecular flexibility index (Phi) is 8.20. The Bertz CT molecular complexity index is 621. The lowest BCUT2D eigenvalue weighted by molar-refractivity contribution is 0.372. The molecule has 0 fully saturated rings. The van der Waals surface area contributed by atoms with Crippen molar-refractivity contribution in [1.82, 2.24) is 20.1 Å². The third-order valence-electron chi connectivity index (χ3n) is 3.57. The van der Waals surface area contributed by atoms with Gasteiger partial charge in [-0.1, -0.05) is 32.9 Å². The van der Waals surface area contributed by atoms with Crippen molar-refractivity contribution in [3.05, 3.63) is 17.5 Å². The SMILES string of the molecule is CCN(CC)S(=O)(=O)CCNC(=NC)NCc1cc(C(C)C)no1. The molecule has 2 N–H and O–H groups in total. The minimum atomic E-state index is -3.24. The normalized spacial score (nSPS) is 12.9. The smallest absolute Gasteiger partial charge is 0.215 e. The van der Waals surface area contributed by atoms with E-state index in [0.29, 0.717) is 37.3 Å². The fourth-order valence-electron chi connectivity index (χ4n) is 2.12. The van der Waals surface area contributed by atoms with E-state index >= 15 is 0 Å². The fourth-order valence-corrected chi connectivity index (χ4v) is 3.53. The summed E-state index contributed by atoms with van der Waals surface area (Å²) >= 11 is 0. The molecule has 24 heavy (non-hydrogen) atoms. The Labute approximate surface area is 144 Å². The van der Waals surface area contributed by atoms with Crippen LogP contribution in [0.1, 0.15) is 45.1 Å². The van der Waals surface area contributed by atoms with E-state index in [1.807, 2.05) is 33.8 Å². The summed E-state index contributed by atoms with van der Waals surface area (Å²) in [7, 11) is -1.61. The number of aliphatic imine (C=N–C) groups is 1. The van der Waals surface area contributed by atoms with E-state index in [9.17, 15) is 8.42 Å². The Morgan fingerprint density at radius 3 is 2.50 bits per heavy atom. The molecule has 0 bridgehead atoms. The molecule has 9 heteroatoms. The van der Waals surface area contributed by atoms with Gasteiger partial charge in [0.1, 0.15) is 0 Å². The lowest BCUT2D eigenvalue weighted by Gasteiger charge is -2.19. The predicted octanol–water partition coefficient (Wildman–Crippen LogP) is 1.13. The third kappa shape index (κ3) is 6.12. The second kappa shape index (κ2) is 9.63. The molecule has 0 saturated heterocycles. The van der Waals surface area contributed by atoms with Crippen LogP contribution in [0.2, 0.25) is 0 Å². The average molecular weight is 359 g/mol. The van der Waals surface area contributed by atoms with Crippen LogP contribution in [0.4, 0.5) is 0 Å². The lowest BCUT2D eigenvalue weighted by Crippen LogP contribution is -2.41. The Hall–Kier alpha value is -1.61. The van der Waals surface area contributed by atoms with Gasteiger partial charge in [0.05, 0.1) is 18.0 Å². The standard InChI is InChI=1S/C15H29N5O3S/c1-6-20(7-2)24(21,22)9-8-17-15(16-5)18-11-13-10-14(12(3)4)19-23-13/h10,12H,6-9,11H2,1-5H3,(H2,16,17,18). The second-order valence-corrected chi connectivity index (χ2v) is 7.71. The van der Waals surface area contributed by atoms with Crippen LogP contribution >= 0.6 is 0 Å². The van der Waals surface area contributed by atoms with E-state index in [2.05, 4.69) is 20.8 Å². The first-order valence-electron chi connectivity index (χ1n) is 8.21. The number of nitrogens with zero attached hydrogens (tertiary/aromatic N) is 3. The van der Waals surface area contributed by atoms with Crippen LogP contribution in [-0.2, 0) is 16.6 Å². The van der Waals surface area contributed by atoms with Crippen LogP contribution in [0, 0.1) is 0 Å². The molecule has 1 heterocycles. The molecule has 0 radical (unpaired) electrons. The highest BCUT2D eigenvalue weighted by atomic mass is 32.2. The first kappa shape index (κ1) is 20.4. The van der Waals surface area contributed by atoms with E-state index in [1.54, 1.807) is 7.05 Å². The number of hydrogen-bond donors (Lipinski definition) is 2. The van der Waals surface area contributed by atoms with Crippen molar-refractivity contribution in [2.45, 2.75) is 40.2 Å². The quantitative estimate of drug-likeness (QED) is 0.506. The first-order chi connectivity index (χ1) is 11.3. The summed E-state index contributed by atoms with van der Waals surface area (Å²) < 4.78 is 30.9. The van der Waals surface area contributed by atoms with E-state index < -0.39 is 10.0 Å². The molecule has 0 aliphatic rings. The van der Waals surface area contributed by atoms with Gasteiger partial charge < -0.3 is 15.2 Å². The summed E-state index contributed by atoms with van der Waals surface area (Å²) in [5.41, 5.74) is 0.903. The fraction of sp³-hybridized carbons (Fsp3) is 0.733. The zero-order valence-corrected chi connectivity index (χ0v) is 16.0. The van der Waals surface area contributed by atoms with Crippen LogP contribution in [0.5, 0.6) is 0 Å². The Morgan fingerprint density at radius 2 is 2.00 bits per heavy atom. The van der Waals surface area contributed by atoms with Crippen LogP contribution in [0.15, 0.2) is 15.6 Å². The largest absolute Gasteiger partial charge is 0.359 e. The zero-order chi connectivity index (χ0) is 18.2. The highest BCUT2D eigenvalue weighted by Gasteiger charge is 2.18. The summed E-state index contributed by atoms with van der Waals surface area (Å²) in [6.45, 7) is 9.44. The summed E-state index contributed by atoms with van der Waals surface area (Å²) in [5.74, 6) is 1.56. The molecule has 0 aromatic carbocycles. The number of rotatable bonds is 9. The minimum Gasteiger partial charge on any atom is -0.359 e. The molecule has 1 rings (SSSR count). The van der Waals surface area contributed by atoms with Gasteiger partial charge in [-0.25, -0.2) is 12.7 Å². The predicted molar refractivity (Wildman–Crippen MR) is 95.5 cm³/mol. The molecule has 0 aliphatic heterocycles. The summed E-state index contributed by atoms with van der Waals surface area (Å²) in [6.07, 6.45) is 0. The molecule has 0 spiro atoms. The zero-order valence-electron chi connectivity index (χ0n) is 15.2. The van der Waals surface area contributed by atoms with E-state index in [0.717, 1.165) is 5.69 Å².